The molecule has 0 atom stereocenters. The Bertz CT molecular complexity index is 637. The smallest absolute Gasteiger partial charge is 0.305 e. The molecule has 0 saturated heterocycles. The number of thiazole rings is 1. The molecule has 0 unspecified atom stereocenters. The summed E-state index contributed by atoms with van der Waals surface area (Å²) in [5.41, 5.74) is 4.55. The molecule has 21 heavy (non-hydrogen) atoms. The van der Waals surface area contributed by atoms with E-state index in [-0.39, 0.29) is 5.97 Å². The number of aromatic nitrogens is 1. The predicted octanol–water partition coefficient (Wildman–Crippen LogP) is 3.63. The molecule has 0 saturated carbocycles. The average molecular weight is 304 g/mol. The van der Waals surface area contributed by atoms with Crippen LogP contribution in [0.5, 0.6) is 0 Å². The van der Waals surface area contributed by atoms with Gasteiger partial charge in [0.2, 0.25) is 0 Å². The molecule has 2 rings (SSSR count). The number of anilines is 2. The Morgan fingerprint density at radius 1 is 1.38 bits per heavy atom. The first-order chi connectivity index (χ1) is 10.0. The van der Waals surface area contributed by atoms with Gasteiger partial charge in [-0.1, -0.05) is 17.7 Å². The second-order valence-corrected chi connectivity index (χ2v) is 5.88. The molecule has 112 valence electrons. The highest BCUT2D eigenvalue weighted by Gasteiger charge is 2.12. The second-order valence-electron chi connectivity index (χ2n) is 5.05. The van der Waals surface area contributed by atoms with Crippen molar-refractivity contribution in [2.75, 3.05) is 19.1 Å². The van der Waals surface area contributed by atoms with E-state index in [1.807, 2.05) is 12.4 Å². The summed E-state index contributed by atoms with van der Waals surface area (Å²) >= 11 is 1.59. The first-order valence-corrected chi connectivity index (χ1v) is 7.71. The van der Waals surface area contributed by atoms with Crippen LogP contribution >= 0.6 is 11.3 Å². The molecule has 0 aliphatic carbocycles. The van der Waals surface area contributed by atoms with Crippen molar-refractivity contribution in [3.05, 3.63) is 40.4 Å². The molecular weight excluding hydrogens is 284 g/mol. The Labute approximate surface area is 129 Å². The maximum Gasteiger partial charge on any atom is 0.305 e. The maximum absolute atomic E-state index is 11.2. The number of aryl methyl sites for hydroxylation is 3. The van der Waals surface area contributed by atoms with Gasteiger partial charge in [-0.25, -0.2) is 4.98 Å². The van der Waals surface area contributed by atoms with Crippen LogP contribution in [0, 0.1) is 13.8 Å². The molecule has 0 aliphatic rings. The lowest BCUT2D eigenvalue weighted by molar-refractivity contribution is -0.140. The van der Waals surface area contributed by atoms with Crippen LogP contribution in [0.4, 0.5) is 10.8 Å². The molecule has 5 heteroatoms. The molecule has 0 bridgehead atoms. The van der Waals surface area contributed by atoms with Crippen LogP contribution in [0.2, 0.25) is 0 Å². The highest BCUT2D eigenvalue weighted by atomic mass is 32.1. The van der Waals surface area contributed by atoms with Crippen LogP contribution in [-0.4, -0.2) is 25.1 Å². The van der Waals surface area contributed by atoms with E-state index in [1.54, 1.807) is 11.3 Å². The fraction of sp³-hybridized carbons (Fsp3) is 0.375. The number of carbonyl (C=O) groups excluding carboxylic acids is 1. The molecule has 0 amide bonds. The van der Waals surface area contributed by atoms with Crippen molar-refractivity contribution in [2.24, 2.45) is 0 Å². The fourth-order valence-corrected chi connectivity index (χ4v) is 3.02. The summed E-state index contributed by atoms with van der Waals surface area (Å²) in [4.78, 5) is 17.8. The number of methoxy groups -OCH3 is 1. The van der Waals surface area contributed by atoms with Crippen LogP contribution in [0.1, 0.15) is 23.2 Å². The Morgan fingerprint density at radius 3 is 2.81 bits per heavy atom. The van der Waals surface area contributed by atoms with Gasteiger partial charge >= 0.3 is 5.97 Å². The number of rotatable bonds is 5. The summed E-state index contributed by atoms with van der Waals surface area (Å²) in [6.45, 7) is 4.19. The number of carbonyl (C=O) groups is 1. The number of hydrogen-bond acceptors (Lipinski definition) is 5. The van der Waals surface area contributed by atoms with Gasteiger partial charge < -0.3 is 9.64 Å². The Balaban J connectivity index is 2.11. The van der Waals surface area contributed by atoms with Gasteiger partial charge in [0.25, 0.3) is 0 Å². The van der Waals surface area contributed by atoms with E-state index in [2.05, 4.69) is 46.7 Å². The van der Waals surface area contributed by atoms with E-state index in [0.717, 1.165) is 16.5 Å². The lowest BCUT2D eigenvalue weighted by Crippen LogP contribution is -2.11. The van der Waals surface area contributed by atoms with Crippen molar-refractivity contribution in [1.82, 2.24) is 4.98 Å². The molecule has 0 N–H and O–H groups in total. The van der Waals surface area contributed by atoms with Crippen LogP contribution in [-0.2, 0) is 16.0 Å². The third-order valence-corrected chi connectivity index (χ3v) is 4.32. The largest absolute Gasteiger partial charge is 0.469 e. The number of esters is 1. The Kier molecular flexibility index (Phi) is 4.96. The number of benzene rings is 1. The number of ether oxygens (including phenoxy) is 1. The van der Waals surface area contributed by atoms with E-state index in [9.17, 15) is 4.79 Å². The van der Waals surface area contributed by atoms with Gasteiger partial charge in [-0.3, -0.25) is 4.79 Å². The van der Waals surface area contributed by atoms with E-state index in [4.69, 9.17) is 0 Å². The van der Waals surface area contributed by atoms with Crippen molar-refractivity contribution in [3.8, 4) is 0 Å². The zero-order valence-corrected chi connectivity index (χ0v) is 13.7. The maximum atomic E-state index is 11.2. The van der Waals surface area contributed by atoms with Crippen LogP contribution < -0.4 is 4.90 Å². The minimum absolute atomic E-state index is 0.202. The average Bonchev–Trinajstić information content (AvgIpc) is 2.93. The summed E-state index contributed by atoms with van der Waals surface area (Å²) in [5.74, 6) is -0.202. The molecule has 0 aliphatic heterocycles. The molecule has 2 aromatic rings. The molecule has 0 radical (unpaired) electrons. The normalized spacial score (nSPS) is 10.5. The number of hydrogen-bond donors (Lipinski definition) is 0. The van der Waals surface area contributed by atoms with E-state index >= 15 is 0 Å². The first-order valence-electron chi connectivity index (χ1n) is 6.83. The van der Waals surface area contributed by atoms with E-state index < -0.39 is 0 Å². The molecule has 1 aromatic heterocycles. The topological polar surface area (TPSA) is 42.4 Å². The first kappa shape index (κ1) is 15.5. The second kappa shape index (κ2) is 6.72. The third kappa shape index (κ3) is 3.82. The summed E-state index contributed by atoms with van der Waals surface area (Å²) < 4.78 is 4.65. The van der Waals surface area contributed by atoms with Gasteiger partial charge in [0.15, 0.2) is 5.13 Å². The SMILES string of the molecule is COC(=O)CCc1csc(N(C)c2ccc(C)cc2C)n1. The van der Waals surface area contributed by atoms with Crippen molar-refractivity contribution in [1.29, 1.82) is 0 Å². The molecular formula is C16H20N2O2S. The highest BCUT2D eigenvalue weighted by Crippen LogP contribution is 2.30. The fourth-order valence-electron chi connectivity index (χ4n) is 2.18. The summed E-state index contributed by atoms with van der Waals surface area (Å²) in [5, 5.41) is 2.93. The molecule has 1 heterocycles. The van der Waals surface area contributed by atoms with Gasteiger partial charge in [-0.2, -0.15) is 0 Å². The standard InChI is InChI=1S/C16H20N2O2S/c1-11-5-7-14(12(2)9-11)18(3)16-17-13(10-21-16)6-8-15(19)20-4/h5,7,9-10H,6,8H2,1-4H3. The predicted molar refractivity (Wildman–Crippen MR) is 86.4 cm³/mol. The molecule has 4 nitrogen and oxygen atoms in total. The Morgan fingerprint density at radius 2 is 2.14 bits per heavy atom. The van der Waals surface area contributed by atoms with Gasteiger partial charge in [0.05, 0.1) is 19.2 Å². The van der Waals surface area contributed by atoms with Crippen molar-refractivity contribution in [2.45, 2.75) is 26.7 Å². The quantitative estimate of drug-likeness (QED) is 0.791. The van der Waals surface area contributed by atoms with E-state index in [0.29, 0.717) is 12.8 Å². The Hall–Kier alpha value is -1.88. The van der Waals surface area contributed by atoms with Crippen molar-refractivity contribution < 1.29 is 9.53 Å². The minimum Gasteiger partial charge on any atom is -0.469 e. The number of nitrogens with zero attached hydrogens (tertiary/aromatic N) is 2. The van der Waals surface area contributed by atoms with Gasteiger partial charge in [-0.05, 0) is 25.5 Å². The highest BCUT2D eigenvalue weighted by molar-refractivity contribution is 7.13. The molecule has 0 spiro atoms. The molecule has 0 fully saturated rings. The molecule has 1 aromatic carbocycles. The monoisotopic (exact) mass is 304 g/mol. The van der Waals surface area contributed by atoms with Crippen molar-refractivity contribution >= 4 is 28.1 Å². The lowest BCUT2D eigenvalue weighted by Gasteiger charge is -2.18. The van der Waals surface area contributed by atoms with Crippen LogP contribution in [0.15, 0.2) is 23.6 Å². The summed E-state index contributed by atoms with van der Waals surface area (Å²) in [6, 6.07) is 6.38. The summed E-state index contributed by atoms with van der Waals surface area (Å²) in [7, 11) is 3.42. The van der Waals surface area contributed by atoms with Crippen LogP contribution in [0.25, 0.3) is 0 Å². The van der Waals surface area contributed by atoms with Gasteiger partial charge in [0.1, 0.15) is 0 Å². The minimum atomic E-state index is -0.202. The third-order valence-electron chi connectivity index (χ3n) is 3.35. The van der Waals surface area contributed by atoms with E-state index in [1.165, 1.54) is 18.2 Å². The zero-order chi connectivity index (χ0) is 15.4. The zero-order valence-electron chi connectivity index (χ0n) is 12.8. The summed E-state index contributed by atoms with van der Waals surface area (Å²) in [6.07, 6.45) is 0.983. The van der Waals surface area contributed by atoms with Gasteiger partial charge in [0, 0.05) is 24.5 Å². The van der Waals surface area contributed by atoms with Gasteiger partial charge in [-0.15, -0.1) is 11.3 Å². The lowest BCUT2D eigenvalue weighted by atomic mass is 10.1. The van der Waals surface area contributed by atoms with Crippen molar-refractivity contribution in [3.63, 3.8) is 0 Å². The van der Waals surface area contributed by atoms with Crippen LogP contribution in [0.3, 0.4) is 0 Å².